The molecule has 4 aromatic rings. The zero-order valence-electron chi connectivity index (χ0n) is 19.0. The fourth-order valence-corrected chi connectivity index (χ4v) is 5.37. The van der Waals surface area contributed by atoms with Crippen LogP contribution in [0.3, 0.4) is 0 Å². The van der Waals surface area contributed by atoms with Crippen LogP contribution < -0.4 is 14.5 Å². The third kappa shape index (κ3) is 4.85. The van der Waals surface area contributed by atoms with Gasteiger partial charge in [0.2, 0.25) is 5.95 Å². The van der Waals surface area contributed by atoms with Crippen molar-refractivity contribution in [3.63, 3.8) is 0 Å². The summed E-state index contributed by atoms with van der Waals surface area (Å²) in [5.41, 5.74) is 1.39. The maximum Gasteiger partial charge on any atom is 0.274 e. The molecule has 0 unspecified atom stereocenters. The molecule has 1 N–H and O–H groups in total. The van der Waals surface area contributed by atoms with Gasteiger partial charge in [-0.05, 0) is 42.5 Å². The lowest BCUT2D eigenvalue weighted by molar-refractivity contribution is -0.923. The first-order valence-electron chi connectivity index (χ1n) is 11.0. The van der Waals surface area contributed by atoms with Crippen molar-refractivity contribution in [1.29, 1.82) is 0 Å². The summed E-state index contributed by atoms with van der Waals surface area (Å²) in [6.07, 6.45) is 3.48. The number of anilines is 1. The molecule has 2 aromatic heterocycles. The molecule has 2 aromatic carbocycles. The largest absolute Gasteiger partial charge is 0.570 e. The van der Waals surface area contributed by atoms with Gasteiger partial charge in [-0.2, -0.15) is 0 Å². The van der Waals surface area contributed by atoms with Gasteiger partial charge in [-0.3, -0.25) is 4.57 Å². The highest BCUT2D eigenvalue weighted by Crippen LogP contribution is 2.36. The number of fused-ring (bicyclic) bond motifs is 1. The smallest absolute Gasteiger partial charge is 0.274 e. The molecule has 35 heavy (non-hydrogen) atoms. The lowest BCUT2D eigenvalue weighted by Gasteiger charge is -2.32. The van der Waals surface area contributed by atoms with Crippen LogP contribution >= 0.6 is 12.2 Å². The van der Waals surface area contributed by atoms with Gasteiger partial charge in [-0.1, -0.05) is 23.9 Å². The van der Waals surface area contributed by atoms with E-state index in [1.165, 1.54) is 18.1 Å². The zero-order chi connectivity index (χ0) is 24.4. The maximum absolute atomic E-state index is 13.1. The maximum atomic E-state index is 13.1. The molecule has 3 heterocycles. The number of hydrogen-bond acceptors (Lipinski definition) is 8. The molecular weight excluding hydrogens is 488 g/mol. The van der Waals surface area contributed by atoms with E-state index >= 15 is 0 Å². The number of nitrogens with zero attached hydrogens (tertiary/aromatic N) is 5. The summed E-state index contributed by atoms with van der Waals surface area (Å²) in [7, 11) is -2.51. The first kappa shape index (κ1) is 23.3. The Morgan fingerprint density at radius 3 is 2.60 bits per heavy atom. The average Bonchev–Trinajstić information content (AvgIpc) is 3.19. The van der Waals surface area contributed by atoms with E-state index in [9.17, 15) is 8.42 Å². The summed E-state index contributed by atoms with van der Waals surface area (Å²) in [6, 6.07) is 13.2. The van der Waals surface area contributed by atoms with E-state index in [4.69, 9.17) is 21.4 Å². The van der Waals surface area contributed by atoms with Crippen molar-refractivity contribution < 1.29 is 22.5 Å². The van der Waals surface area contributed by atoms with E-state index in [1.54, 1.807) is 54.9 Å². The molecule has 1 fully saturated rings. The topological polar surface area (TPSA) is 109 Å². The summed E-state index contributed by atoms with van der Waals surface area (Å²) in [6.45, 7) is 3.88. The van der Waals surface area contributed by atoms with Crippen LogP contribution in [0.4, 0.5) is 11.6 Å². The fourth-order valence-electron chi connectivity index (χ4n) is 4.10. The molecule has 1 saturated heterocycles. The van der Waals surface area contributed by atoms with Crippen LogP contribution in [0.5, 0.6) is 5.75 Å². The van der Waals surface area contributed by atoms with Crippen LogP contribution in [-0.4, -0.2) is 56.2 Å². The van der Waals surface area contributed by atoms with Crippen LogP contribution in [0, 0.1) is 4.84 Å². The predicted molar refractivity (Wildman–Crippen MR) is 133 cm³/mol. The van der Waals surface area contributed by atoms with Gasteiger partial charge in [-0.15, -0.1) is 0 Å². The third-order valence-corrected chi connectivity index (χ3v) is 7.52. The Morgan fingerprint density at radius 2 is 1.86 bits per heavy atom. The molecule has 0 saturated carbocycles. The minimum Gasteiger partial charge on any atom is -0.570 e. The Balaban J connectivity index is 1.37. The number of methoxy groups -OCH3 is 1. The minimum atomic E-state index is -3.99. The zero-order valence-corrected chi connectivity index (χ0v) is 20.6. The lowest BCUT2D eigenvalue weighted by Crippen LogP contribution is -3.14. The summed E-state index contributed by atoms with van der Waals surface area (Å²) < 4.78 is 43.0. The molecule has 0 aliphatic carbocycles. The summed E-state index contributed by atoms with van der Waals surface area (Å²) >= 11 is 5.46. The number of aromatic nitrogens is 3. The van der Waals surface area contributed by atoms with Crippen LogP contribution in [0.1, 0.15) is 0 Å². The first-order chi connectivity index (χ1) is 16.9. The van der Waals surface area contributed by atoms with Gasteiger partial charge in [0, 0.05) is 12.4 Å². The van der Waals surface area contributed by atoms with Crippen LogP contribution in [0.2, 0.25) is 0 Å². The van der Waals surface area contributed by atoms with Crippen molar-refractivity contribution in [2.45, 2.75) is 11.6 Å². The number of para-hydroxylation sites is 1. The number of nitrogens with one attached hydrogen (secondary N) is 1. The number of benzene rings is 2. The van der Waals surface area contributed by atoms with Crippen molar-refractivity contribution in [3.8, 4) is 5.75 Å². The monoisotopic (exact) mass is 512 g/mol. The van der Waals surface area contributed by atoms with E-state index in [1.807, 2.05) is 4.57 Å². The first-order valence-corrected chi connectivity index (χ1v) is 12.9. The van der Waals surface area contributed by atoms with Crippen molar-refractivity contribution in [2.24, 2.45) is 0 Å². The molecule has 12 heteroatoms. The Bertz CT molecular complexity index is 1500. The second kappa shape index (κ2) is 9.64. The highest BCUT2D eigenvalue weighted by Gasteiger charge is 2.23. The number of rotatable bonds is 7. The highest BCUT2D eigenvalue weighted by molar-refractivity contribution is 7.94. The van der Waals surface area contributed by atoms with Crippen molar-refractivity contribution >= 4 is 45.0 Å². The second-order valence-electron chi connectivity index (χ2n) is 8.11. The van der Waals surface area contributed by atoms with Gasteiger partial charge in [0.1, 0.15) is 15.8 Å². The number of ether oxygens (including phenoxy) is 1. The van der Waals surface area contributed by atoms with E-state index in [0.717, 1.165) is 32.1 Å². The fraction of sp³-hybridized carbons (Fsp3) is 0.261. The molecule has 182 valence electrons. The number of hydrogen-bond donors (Lipinski definition) is 1. The molecular formula is C23H24N6O4S2. The van der Waals surface area contributed by atoms with E-state index < -0.39 is 10.0 Å². The minimum absolute atomic E-state index is 0.0569. The number of sulfonamides is 1. The number of piperazine rings is 1. The molecule has 0 bridgehead atoms. The molecule has 5 rings (SSSR count). The van der Waals surface area contributed by atoms with Crippen molar-refractivity contribution in [3.05, 3.63) is 70.5 Å². The molecule has 0 spiro atoms. The van der Waals surface area contributed by atoms with Gasteiger partial charge < -0.3 is 23.7 Å². The van der Waals surface area contributed by atoms with Gasteiger partial charge in [0.05, 0.1) is 43.7 Å². The second-order valence-corrected chi connectivity index (χ2v) is 10.1. The highest BCUT2D eigenvalue weighted by atomic mass is 32.2. The Morgan fingerprint density at radius 1 is 1.11 bits per heavy atom. The summed E-state index contributed by atoms with van der Waals surface area (Å²) in [4.78, 5) is 12.5. The van der Waals surface area contributed by atoms with Crippen molar-refractivity contribution in [2.75, 3.05) is 38.2 Å². The normalized spacial score (nSPS) is 14.8. The molecule has 0 amide bonds. The van der Waals surface area contributed by atoms with Gasteiger partial charge in [0.15, 0.2) is 12.3 Å². The quantitative estimate of drug-likeness (QED) is 0.376. The SMILES string of the molecule is COc1ccccc1[N-]S(=O)(=O)c1ccc2oc(=S)n(C[NH+]3CCN(c4ncccn4)CC3)c2c1. The van der Waals surface area contributed by atoms with E-state index in [2.05, 4.69) is 19.6 Å². The lowest BCUT2D eigenvalue weighted by atomic mass is 10.3. The summed E-state index contributed by atoms with van der Waals surface area (Å²) in [5, 5.41) is 0. The summed E-state index contributed by atoms with van der Waals surface area (Å²) in [5.74, 6) is 1.11. The van der Waals surface area contributed by atoms with Crippen molar-refractivity contribution in [1.82, 2.24) is 14.5 Å². The van der Waals surface area contributed by atoms with E-state index in [0.29, 0.717) is 28.4 Å². The molecule has 0 atom stereocenters. The van der Waals surface area contributed by atoms with Gasteiger partial charge in [-0.25, -0.2) is 18.4 Å². The standard InChI is InChI=1S/C23H23N6O4S2/c1-32-20-6-3-2-5-18(20)26-35(30,31)17-7-8-21-19(15-17)29(23(34)33-21)16-27-11-13-28(14-12-27)22-24-9-4-10-25-22/h2-10,15H,11-14,16H2,1H3/q-1/p+1. The Hall–Kier alpha value is -3.48. The van der Waals surface area contributed by atoms with Gasteiger partial charge in [0.25, 0.3) is 4.84 Å². The Kier molecular flexibility index (Phi) is 6.41. The Labute approximate surface area is 207 Å². The number of quaternary nitrogens is 1. The third-order valence-electron chi connectivity index (χ3n) is 5.93. The molecule has 10 nitrogen and oxygen atoms in total. The molecule has 1 aliphatic rings. The van der Waals surface area contributed by atoms with Crippen LogP contribution in [-0.2, 0) is 16.7 Å². The van der Waals surface area contributed by atoms with Gasteiger partial charge >= 0.3 is 0 Å². The predicted octanol–water partition coefficient (Wildman–Crippen LogP) is 2.52. The number of oxazole rings is 1. The van der Waals surface area contributed by atoms with Crippen LogP contribution in [0.25, 0.3) is 15.8 Å². The van der Waals surface area contributed by atoms with E-state index in [-0.39, 0.29) is 10.6 Å². The molecule has 1 aliphatic heterocycles. The average molecular weight is 513 g/mol. The van der Waals surface area contributed by atoms with Crippen LogP contribution in [0.15, 0.2) is 70.2 Å². The molecule has 0 radical (unpaired) electrons.